The fourth-order valence-corrected chi connectivity index (χ4v) is 3.67. The lowest BCUT2D eigenvalue weighted by Gasteiger charge is -2.27. The molecule has 124 valence electrons. The van der Waals surface area contributed by atoms with Gasteiger partial charge in [-0.25, -0.2) is 4.79 Å². The van der Waals surface area contributed by atoms with Crippen molar-refractivity contribution in [3.8, 4) is 5.75 Å². The van der Waals surface area contributed by atoms with Crippen LogP contribution in [-0.2, 0) is 15.0 Å². The first kappa shape index (κ1) is 15.8. The van der Waals surface area contributed by atoms with Gasteiger partial charge in [0.25, 0.3) is 0 Å². The lowest BCUT2D eigenvalue weighted by atomic mass is 9.87. The second kappa shape index (κ2) is 5.87. The highest BCUT2D eigenvalue weighted by molar-refractivity contribution is 5.88. The Balaban J connectivity index is 1.73. The van der Waals surface area contributed by atoms with Gasteiger partial charge >= 0.3 is 5.97 Å². The van der Waals surface area contributed by atoms with Crippen LogP contribution in [0.25, 0.3) is 0 Å². The van der Waals surface area contributed by atoms with Crippen molar-refractivity contribution in [2.75, 3.05) is 6.61 Å². The summed E-state index contributed by atoms with van der Waals surface area (Å²) in [4.78, 5) is 23.9. The Hall–Kier alpha value is -2.04. The van der Waals surface area contributed by atoms with Crippen molar-refractivity contribution < 1.29 is 19.4 Å². The van der Waals surface area contributed by atoms with Crippen LogP contribution in [0, 0.1) is 11.8 Å². The van der Waals surface area contributed by atoms with Crippen LogP contribution >= 0.6 is 0 Å². The summed E-state index contributed by atoms with van der Waals surface area (Å²) in [6.07, 6.45) is 2.03. The molecule has 2 aliphatic rings. The van der Waals surface area contributed by atoms with E-state index in [2.05, 4.69) is 5.32 Å². The van der Waals surface area contributed by atoms with E-state index in [1.54, 1.807) is 0 Å². The predicted molar refractivity (Wildman–Crippen MR) is 85.4 cm³/mol. The molecule has 23 heavy (non-hydrogen) atoms. The van der Waals surface area contributed by atoms with Crippen LogP contribution in [0.4, 0.5) is 0 Å². The summed E-state index contributed by atoms with van der Waals surface area (Å²) in [6, 6.07) is 7.03. The third-order valence-electron chi connectivity index (χ3n) is 4.94. The molecular weight excluding hydrogens is 294 g/mol. The van der Waals surface area contributed by atoms with E-state index in [-0.39, 0.29) is 23.2 Å². The van der Waals surface area contributed by atoms with E-state index in [0.717, 1.165) is 24.2 Å². The molecule has 2 N–H and O–H groups in total. The number of rotatable bonds is 5. The van der Waals surface area contributed by atoms with Gasteiger partial charge in [-0.1, -0.05) is 32.0 Å². The van der Waals surface area contributed by atoms with Crippen molar-refractivity contribution in [3.05, 3.63) is 29.8 Å². The third-order valence-corrected chi connectivity index (χ3v) is 4.94. The smallest absolute Gasteiger partial charge is 0.326 e. The van der Waals surface area contributed by atoms with E-state index < -0.39 is 12.0 Å². The fourth-order valence-electron chi connectivity index (χ4n) is 3.67. The van der Waals surface area contributed by atoms with E-state index in [1.807, 2.05) is 38.1 Å². The zero-order chi connectivity index (χ0) is 16.6. The number of aliphatic carboxylic acids is 1. The normalized spacial score (nSPS) is 26.3. The molecule has 1 aromatic rings. The van der Waals surface area contributed by atoms with Gasteiger partial charge in [0.1, 0.15) is 11.8 Å². The summed E-state index contributed by atoms with van der Waals surface area (Å²) in [7, 11) is 0. The average molecular weight is 317 g/mol. The Bertz CT molecular complexity index is 627. The Labute approximate surface area is 136 Å². The maximum atomic E-state index is 12.6. The van der Waals surface area contributed by atoms with Crippen LogP contribution in [0.1, 0.15) is 38.7 Å². The molecule has 3 rings (SSSR count). The van der Waals surface area contributed by atoms with Crippen molar-refractivity contribution in [2.24, 2.45) is 11.8 Å². The average Bonchev–Trinajstić information content (AvgIpc) is 3.21. The number of carbonyl (C=O) groups is 2. The summed E-state index contributed by atoms with van der Waals surface area (Å²) >= 11 is 0. The number of carbonyl (C=O) groups excluding carboxylic acids is 1. The number of para-hydroxylation sites is 1. The van der Waals surface area contributed by atoms with Gasteiger partial charge in [0, 0.05) is 16.9 Å². The Morgan fingerprint density at radius 2 is 2.13 bits per heavy atom. The molecule has 1 fully saturated rings. The van der Waals surface area contributed by atoms with Crippen molar-refractivity contribution in [1.29, 1.82) is 0 Å². The second-order valence-corrected chi connectivity index (χ2v) is 7.04. The number of carboxylic acids is 1. The number of hydrogen-bond acceptors (Lipinski definition) is 3. The molecule has 1 aliphatic heterocycles. The molecule has 0 saturated heterocycles. The summed E-state index contributed by atoms with van der Waals surface area (Å²) in [5, 5.41) is 12.0. The standard InChI is InChI=1S/C18H23NO4/c1-11(2)9-14(17(21)22)19-16(20)13-10-18(13)7-8-23-15-6-4-3-5-12(15)18/h3-6,11,13-14H,7-10H2,1-2H3,(H,19,20)(H,21,22). The van der Waals surface area contributed by atoms with Crippen LogP contribution in [0.3, 0.4) is 0 Å². The van der Waals surface area contributed by atoms with Gasteiger partial charge in [-0.15, -0.1) is 0 Å². The highest BCUT2D eigenvalue weighted by atomic mass is 16.5. The second-order valence-electron chi connectivity index (χ2n) is 7.04. The number of hydrogen-bond donors (Lipinski definition) is 2. The summed E-state index contributed by atoms with van der Waals surface area (Å²) < 4.78 is 5.67. The monoisotopic (exact) mass is 317 g/mol. The maximum absolute atomic E-state index is 12.6. The number of amides is 1. The maximum Gasteiger partial charge on any atom is 0.326 e. The summed E-state index contributed by atoms with van der Waals surface area (Å²) in [6.45, 7) is 4.51. The van der Waals surface area contributed by atoms with Crippen molar-refractivity contribution in [3.63, 3.8) is 0 Å². The van der Waals surface area contributed by atoms with Gasteiger partial charge in [-0.2, -0.15) is 0 Å². The van der Waals surface area contributed by atoms with Crippen LogP contribution < -0.4 is 10.1 Å². The minimum atomic E-state index is -0.964. The first-order valence-corrected chi connectivity index (χ1v) is 8.19. The molecule has 1 saturated carbocycles. The Morgan fingerprint density at radius 3 is 2.83 bits per heavy atom. The van der Waals surface area contributed by atoms with Gasteiger partial charge in [0.15, 0.2) is 0 Å². The number of fused-ring (bicyclic) bond motifs is 2. The van der Waals surface area contributed by atoms with Crippen LogP contribution in [-0.4, -0.2) is 29.6 Å². The highest BCUT2D eigenvalue weighted by Gasteiger charge is 2.61. The predicted octanol–water partition coefficient (Wildman–Crippen LogP) is 2.34. The van der Waals surface area contributed by atoms with E-state index in [4.69, 9.17) is 4.74 Å². The molecular formula is C18H23NO4. The first-order chi connectivity index (χ1) is 10.9. The lowest BCUT2D eigenvalue weighted by molar-refractivity contribution is -0.142. The quantitative estimate of drug-likeness (QED) is 0.874. The molecule has 1 spiro atoms. The van der Waals surface area contributed by atoms with E-state index in [1.165, 1.54) is 0 Å². The van der Waals surface area contributed by atoms with Crippen molar-refractivity contribution in [2.45, 2.75) is 44.6 Å². The van der Waals surface area contributed by atoms with Crippen LogP contribution in [0.2, 0.25) is 0 Å². The molecule has 3 atom stereocenters. The third kappa shape index (κ3) is 2.92. The minimum absolute atomic E-state index is 0.144. The topological polar surface area (TPSA) is 75.6 Å². The molecule has 5 heteroatoms. The Kier molecular flexibility index (Phi) is 4.04. The first-order valence-electron chi connectivity index (χ1n) is 8.19. The number of ether oxygens (including phenoxy) is 1. The number of carboxylic acid groups (broad SMARTS) is 1. The molecule has 1 aliphatic carbocycles. The molecule has 1 aromatic carbocycles. The summed E-state index contributed by atoms with van der Waals surface area (Å²) in [5.41, 5.74) is 0.918. The molecule has 5 nitrogen and oxygen atoms in total. The molecule has 1 heterocycles. The molecule has 0 radical (unpaired) electrons. The van der Waals surface area contributed by atoms with Gasteiger partial charge < -0.3 is 15.2 Å². The Morgan fingerprint density at radius 1 is 1.39 bits per heavy atom. The van der Waals surface area contributed by atoms with Crippen LogP contribution in [0.5, 0.6) is 5.75 Å². The van der Waals surface area contributed by atoms with Gasteiger partial charge in [0.05, 0.1) is 6.61 Å². The van der Waals surface area contributed by atoms with Gasteiger partial charge in [0.2, 0.25) is 5.91 Å². The number of benzene rings is 1. The van der Waals surface area contributed by atoms with Crippen LogP contribution in [0.15, 0.2) is 24.3 Å². The zero-order valence-corrected chi connectivity index (χ0v) is 13.5. The minimum Gasteiger partial charge on any atom is -0.493 e. The molecule has 3 unspecified atom stereocenters. The van der Waals surface area contributed by atoms with Crippen molar-refractivity contribution in [1.82, 2.24) is 5.32 Å². The highest BCUT2D eigenvalue weighted by Crippen LogP contribution is 2.60. The van der Waals surface area contributed by atoms with E-state index >= 15 is 0 Å². The van der Waals surface area contributed by atoms with E-state index in [0.29, 0.717) is 13.0 Å². The zero-order valence-electron chi connectivity index (χ0n) is 13.5. The fraction of sp³-hybridized carbons (Fsp3) is 0.556. The largest absolute Gasteiger partial charge is 0.493 e. The SMILES string of the molecule is CC(C)CC(NC(=O)C1CC12CCOc1ccccc12)C(=O)O. The lowest BCUT2D eigenvalue weighted by Crippen LogP contribution is -2.43. The van der Waals surface area contributed by atoms with E-state index in [9.17, 15) is 14.7 Å². The molecule has 0 bridgehead atoms. The van der Waals surface area contributed by atoms with Gasteiger partial charge in [-0.05, 0) is 31.2 Å². The number of nitrogens with one attached hydrogen (secondary N) is 1. The molecule has 1 amide bonds. The van der Waals surface area contributed by atoms with Gasteiger partial charge in [-0.3, -0.25) is 4.79 Å². The van der Waals surface area contributed by atoms with Crippen molar-refractivity contribution >= 4 is 11.9 Å². The summed E-state index contributed by atoms with van der Waals surface area (Å²) in [5.74, 6) is -0.190. The molecule has 0 aromatic heterocycles.